The third-order valence-corrected chi connectivity index (χ3v) is 0. The summed E-state index contributed by atoms with van der Waals surface area (Å²) in [7, 11) is 0. The monoisotopic (exact) mass is 94.0 g/mol. The van der Waals surface area contributed by atoms with Crippen LogP contribution in [0.4, 0.5) is 0 Å². The molecule has 0 rings (SSSR count). The van der Waals surface area contributed by atoms with E-state index < -0.39 is 0 Å². The van der Waals surface area contributed by atoms with Gasteiger partial charge in [0.05, 0.1) is 0 Å². The molecular weight excluding hydrogens is 92.1 g/mol. The molecule has 0 aromatic carbocycles. The Hall–Kier alpha value is 0.150. The average molecular weight is 94.2 g/mol. The molecule has 0 saturated carbocycles. The highest BCUT2D eigenvalue weighted by molar-refractivity contribution is 7.78. The summed E-state index contributed by atoms with van der Waals surface area (Å²) >= 11 is 3.59. The fourth-order valence-electron chi connectivity index (χ4n) is 0. The fourth-order valence-corrected chi connectivity index (χ4v) is 0. The summed E-state index contributed by atoms with van der Waals surface area (Å²) in [4.78, 5) is 8.50. The van der Waals surface area contributed by atoms with Crippen LogP contribution in [0.15, 0.2) is 0 Å². The van der Waals surface area contributed by atoms with Crippen LogP contribution >= 0.6 is 25.7 Å². The molecule has 0 bridgehead atoms. The lowest BCUT2D eigenvalue weighted by Crippen LogP contribution is -1.08. The zero-order valence-electron chi connectivity index (χ0n) is 1.82. The minimum absolute atomic E-state index is 0. The first-order valence-corrected chi connectivity index (χ1v) is 0.816. The first kappa shape index (κ1) is 8.91. The lowest BCUT2D eigenvalue weighted by Gasteiger charge is -0.970. The zero-order chi connectivity index (χ0) is 2.71. The van der Waals surface area contributed by atoms with Gasteiger partial charge in [0.2, 0.25) is 5.23 Å². The Morgan fingerprint density at radius 1 is 1.75 bits per heavy atom. The molecule has 24 valence electrons. The van der Waals surface area contributed by atoms with Gasteiger partial charge in [0.1, 0.15) is 0 Å². The summed E-state index contributed by atoms with van der Waals surface area (Å²) in [6.07, 6.45) is 0. The van der Waals surface area contributed by atoms with Gasteiger partial charge in [0.15, 0.2) is 0 Å². The van der Waals surface area contributed by atoms with Crippen LogP contribution in [-0.4, -0.2) is 5.23 Å². The van der Waals surface area contributed by atoms with Crippen LogP contribution in [-0.2, 0) is 4.79 Å². The number of thiocarbonyl (C=S) groups is 1. The lowest BCUT2D eigenvalue weighted by molar-refractivity contribution is 0.572. The molecular formula is CH2OS2. The largest absolute Gasteiger partial charge is 0.220 e. The van der Waals surface area contributed by atoms with Gasteiger partial charge >= 0.3 is 0 Å². The summed E-state index contributed by atoms with van der Waals surface area (Å²) in [6.45, 7) is 0. The molecule has 0 fully saturated rings. The van der Waals surface area contributed by atoms with Crippen LogP contribution in [0.25, 0.3) is 0 Å². The molecule has 0 unspecified atom stereocenters. The highest BCUT2D eigenvalue weighted by Gasteiger charge is 1.07. The highest BCUT2D eigenvalue weighted by Crippen LogP contribution is 1.14. The predicted molar refractivity (Wildman–Crippen MR) is 23.7 cm³/mol. The van der Waals surface area contributed by atoms with Crippen molar-refractivity contribution in [3.63, 3.8) is 0 Å². The van der Waals surface area contributed by atoms with Crippen molar-refractivity contribution in [2.45, 2.75) is 0 Å². The second-order valence-electron chi connectivity index (χ2n) is 0.0833. The maximum absolute atomic E-state index is 8.50. The van der Waals surface area contributed by atoms with E-state index in [1.54, 1.807) is 0 Å². The van der Waals surface area contributed by atoms with Gasteiger partial charge in [-0.15, -0.1) is 0 Å². The molecule has 0 aliphatic carbocycles. The third-order valence-electron chi connectivity index (χ3n) is 0. The molecule has 0 aromatic heterocycles. The van der Waals surface area contributed by atoms with Gasteiger partial charge in [0, 0.05) is 12.2 Å². The second kappa shape index (κ2) is 11.0. The average Bonchev–Trinajstić information content (AvgIpc) is 0.918. The molecule has 0 aromatic rings. The van der Waals surface area contributed by atoms with E-state index >= 15 is 0 Å². The number of hydrogen-bond donors (Lipinski definition) is 0. The standard InChI is InChI=1S/COS.H2S/c2-1-3;/h;1H2. The highest BCUT2D eigenvalue weighted by atomic mass is 32.1. The molecule has 0 amide bonds. The van der Waals surface area contributed by atoms with Crippen molar-refractivity contribution in [1.82, 2.24) is 0 Å². The maximum atomic E-state index is 8.50. The number of carbonyl (C=O) groups excluding carboxylic acids is 1. The Labute approximate surface area is 36.5 Å². The SMILES string of the molecule is O=C=S.S. The Balaban J connectivity index is 0. The van der Waals surface area contributed by atoms with Crippen molar-refractivity contribution in [3.05, 3.63) is 0 Å². The van der Waals surface area contributed by atoms with Crippen LogP contribution in [0, 0.1) is 0 Å². The third kappa shape index (κ3) is 126. The van der Waals surface area contributed by atoms with E-state index in [1.165, 1.54) is 0 Å². The lowest BCUT2D eigenvalue weighted by atomic mass is 11.9. The first-order chi connectivity index (χ1) is 1.41. The summed E-state index contributed by atoms with van der Waals surface area (Å²) in [5.41, 5.74) is 0. The fraction of sp³-hybridized carbons (Fsp3) is 0. The molecule has 0 saturated heterocycles. The Bertz CT molecular complexity index is 27.0. The van der Waals surface area contributed by atoms with Gasteiger partial charge < -0.3 is 0 Å². The molecule has 3 heteroatoms. The van der Waals surface area contributed by atoms with Crippen LogP contribution in [0.5, 0.6) is 0 Å². The van der Waals surface area contributed by atoms with E-state index in [2.05, 4.69) is 12.2 Å². The van der Waals surface area contributed by atoms with Crippen LogP contribution in [0.2, 0.25) is 0 Å². The molecule has 0 aliphatic rings. The summed E-state index contributed by atoms with van der Waals surface area (Å²) in [5.74, 6) is 0. The van der Waals surface area contributed by atoms with Crippen LogP contribution < -0.4 is 0 Å². The van der Waals surface area contributed by atoms with Crippen molar-refractivity contribution in [3.8, 4) is 0 Å². The molecule has 0 N–H and O–H groups in total. The molecule has 0 aliphatic heterocycles. The van der Waals surface area contributed by atoms with E-state index in [0.29, 0.717) is 0 Å². The van der Waals surface area contributed by atoms with E-state index in [4.69, 9.17) is 4.79 Å². The molecule has 1 nitrogen and oxygen atoms in total. The molecule has 4 heavy (non-hydrogen) atoms. The molecule has 0 radical (unpaired) electrons. The minimum atomic E-state index is 0. The second-order valence-corrected chi connectivity index (χ2v) is 0.250. The van der Waals surface area contributed by atoms with Crippen molar-refractivity contribution in [2.24, 2.45) is 0 Å². The van der Waals surface area contributed by atoms with Gasteiger partial charge in [0.25, 0.3) is 0 Å². The zero-order valence-corrected chi connectivity index (χ0v) is 3.63. The minimum Gasteiger partial charge on any atom is -0.220 e. The van der Waals surface area contributed by atoms with Crippen molar-refractivity contribution in [1.29, 1.82) is 0 Å². The Kier molecular flexibility index (Phi) is 24.5. The normalized spacial score (nSPS) is 2.00. The summed E-state index contributed by atoms with van der Waals surface area (Å²) < 4.78 is 0. The van der Waals surface area contributed by atoms with Gasteiger partial charge in [-0.25, -0.2) is 4.79 Å². The smallest absolute Gasteiger partial charge is 0.202 e. The molecule has 0 heterocycles. The van der Waals surface area contributed by atoms with E-state index in [0.717, 1.165) is 5.23 Å². The summed E-state index contributed by atoms with van der Waals surface area (Å²) in [6, 6.07) is 0. The molecule has 0 atom stereocenters. The Morgan fingerprint density at radius 3 is 1.75 bits per heavy atom. The number of hydrogen-bond acceptors (Lipinski definition) is 2. The Morgan fingerprint density at radius 2 is 1.75 bits per heavy atom. The maximum Gasteiger partial charge on any atom is 0.202 e. The van der Waals surface area contributed by atoms with Gasteiger partial charge in [-0.1, -0.05) is 0 Å². The summed E-state index contributed by atoms with van der Waals surface area (Å²) in [5, 5.41) is 1.08. The first-order valence-electron chi connectivity index (χ1n) is 0.408. The number of rotatable bonds is 0. The van der Waals surface area contributed by atoms with Crippen LogP contribution in [0.3, 0.4) is 0 Å². The van der Waals surface area contributed by atoms with Gasteiger partial charge in [-0.05, 0) is 0 Å². The molecule has 0 spiro atoms. The van der Waals surface area contributed by atoms with Crippen molar-refractivity contribution < 1.29 is 4.79 Å². The van der Waals surface area contributed by atoms with Crippen molar-refractivity contribution >= 4 is 30.9 Å². The van der Waals surface area contributed by atoms with E-state index in [1.807, 2.05) is 0 Å². The predicted octanol–water partition coefficient (Wildman–Crippen LogP) is 0.364. The van der Waals surface area contributed by atoms with Crippen molar-refractivity contribution in [2.75, 3.05) is 0 Å². The van der Waals surface area contributed by atoms with E-state index in [9.17, 15) is 0 Å². The quantitative estimate of drug-likeness (QED) is 0.403. The topological polar surface area (TPSA) is 17.1 Å². The van der Waals surface area contributed by atoms with Crippen LogP contribution in [0.1, 0.15) is 0 Å². The van der Waals surface area contributed by atoms with E-state index in [-0.39, 0.29) is 13.5 Å². The van der Waals surface area contributed by atoms with Gasteiger partial charge in [-0.2, -0.15) is 13.5 Å². The van der Waals surface area contributed by atoms with Gasteiger partial charge in [-0.3, -0.25) is 0 Å².